The van der Waals surface area contributed by atoms with Crippen molar-refractivity contribution in [3.63, 3.8) is 0 Å². The Kier molecular flexibility index (Phi) is 3.19. The molecule has 0 aliphatic carbocycles. The monoisotopic (exact) mass is 303 g/mol. The van der Waals surface area contributed by atoms with Crippen molar-refractivity contribution in [3.8, 4) is 0 Å². The summed E-state index contributed by atoms with van der Waals surface area (Å²) < 4.78 is 1.49. The first kappa shape index (κ1) is 13.7. The standard InChI is InChI=1S/C18H17N5/c19-12-23-16-10-4-2-8-14(16)17(21-18(23)20)22-11-5-7-13-6-1-3-9-15(13)22/h1-4,6,8-10,12,19-20H,5,7,11H2. The minimum absolute atomic E-state index is 0.0803. The van der Waals surface area contributed by atoms with Crippen molar-refractivity contribution in [2.75, 3.05) is 11.4 Å². The SMILES string of the molecule is N=Cn1c(=N)nc(N2CCCc3ccccc32)c2ccccc21. The fraction of sp³-hybridized carbons (Fsp3) is 0.167. The van der Waals surface area contributed by atoms with Crippen LogP contribution in [0.3, 0.4) is 0 Å². The normalized spacial score (nSPS) is 13.8. The van der Waals surface area contributed by atoms with E-state index in [1.54, 1.807) is 0 Å². The van der Waals surface area contributed by atoms with E-state index in [0.717, 1.165) is 42.4 Å². The molecular formula is C18H17N5. The summed E-state index contributed by atoms with van der Waals surface area (Å²) in [6, 6.07) is 16.2. The fourth-order valence-electron chi connectivity index (χ4n) is 3.29. The topological polar surface area (TPSA) is 68.8 Å². The number of fused-ring (bicyclic) bond motifs is 2. The highest BCUT2D eigenvalue weighted by Gasteiger charge is 2.21. The third-order valence-electron chi connectivity index (χ3n) is 4.34. The number of anilines is 2. The van der Waals surface area contributed by atoms with Gasteiger partial charge in [0.05, 0.1) is 11.9 Å². The van der Waals surface area contributed by atoms with Crippen LogP contribution < -0.4 is 10.5 Å². The molecule has 2 aromatic carbocycles. The average molecular weight is 303 g/mol. The summed E-state index contributed by atoms with van der Waals surface area (Å²) in [5.41, 5.74) is 3.40. The van der Waals surface area contributed by atoms with Crippen LogP contribution in [0.15, 0.2) is 48.5 Å². The second-order valence-electron chi connectivity index (χ2n) is 5.66. The molecule has 0 unspecified atom stereocenters. The van der Waals surface area contributed by atoms with Crippen LogP contribution in [0.4, 0.5) is 11.5 Å². The number of benzene rings is 2. The van der Waals surface area contributed by atoms with Gasteiger partial charge in [-0.2, -0.15) is 4.98 Å². The van der Waals surface area contributed by atoms with E-state index in [-0.39, 0.29) is 5.62 Å². The molecule has 2 N–H and O–H groups in total. The lowest BCUT2D eigenvalue weighted by molar-refractivity contribution is 0.755. The second-order valence-corrected chi connectivity index (χ2v) is 5.66. The summed E-state index contributed by atoms with van der Waals surface area (Å²) in [5, 5.41) is 16.7. The molecule has 0 fully saturated rings. The third kappa shape index (κ3) is 2.12. The summed E-state index contributed by atoms with van der Waals surface area (Å²) >= 11 is 0. The lowest BCUT2D eigenvalue weighted by atomic mass is 10.0. The van der Waals surface area contributed by atoms with Crippen LogP contribution in [-0.2, 0) is 6.42 Å². The lowest BCUT2D eigenvalue weighted by Crippen LogP contribution is -2.30. The van der Waals surface area contributed by atoms with E-state index in [4.69, 9.17) is 10.8 Å². The summed E-state index contributed by atoms with van der Waals surface area (Å²) in [6.07, 6.45) is 3.29. The van der Waals surface area contributed by atoms with Crippen molar-refractivity contribution >= 4 is 28.7 Å². The van der Waals surface area contributed by atoms with Gasteiger partial charge in [0.2, 0.25) is 5.62 Å². The molecule has 114 valence electrons. The van der Waals surface area contributed by atoms with E-state index in [9.17, 15) is 0 Å². The number of nitrogens with one attached hydrogen (secondary N) is 2. The molecule has 2 heterocycles. The molecule has 3 aromatic rings. The van der Waals surface area contributed by atoms with Crippen LogP contribution >= 0.6 is 0 Å². The Labute approximate surface area is 133 Å². The Morgan fingerprint density at radius 1 is 1.04 bits per heavy atom. The van der Waals surface area contributed by atoms with E-state index in [1.165, 1.54) is 15.8 Å². The third-order valence-corrected chi connectivity index (χ3v) is 4.34. The summed E-state index contributed by atoms with van der Waals surface area (Å²) in [4.78, 5) is 6.70. The van der Waals surface area contributed by atoms with Crippen LogP contribution in [0.5, 0.6) is 0 Å². The van der Waals surface area contributed by atoms with Crippen molar-refractivity contribution in [2.24, 2.45) is 0 Å². The van der Waals surface area contributed by atoms with Gasteiger partial charge in [0.25, 0.3) is 0 Å². The molecule has 0 amide bonds. The molecule has 5 heteroatoms. The quantitative estimate of drug-likeness (QED) is 0.564. The van der Waals surface area contributed by atoms with Gasteiger partial charge in [-0.25, -0.2) is 0 Å². The highest BCUT2D eigenvalue weighted by atomic mass is 15.2. The van der Waals surface area contributed by atoms with Crippen molar-refractivity contribution in [1.82, 2.24) is 9.55 Å². The molecule has 23 heavy (non-hydrogen) atoms. The lowest BCUT2D eigenvalue weighted by Gasteiger charge is -2.31. The highest BCUT2D eigenvalue weighted by molar-refractivity contribution is 5.94. The number of nitrogens with zero attached hydrogens (tertiary/aromatic N) is 3. The minimum Gasteiger partial charge on any atom is -0.325 e. The zero-order valence-electron chi connectivity index (χ0n) is 12.7. The van der Waals surface area contributed by atoms with Crippen LogP contribution in [0.1, 0.15) is 12.0 Å². The maximum Gasteiger partial charge on any atom is 0.229 e. The summed E-state index contributed by atoms with van der Waals surface area (Å²) in [6.45, 7) is 0.891. The molecule has 0 saturated heterocycles. The maximum absolute atomic E-state index is 8.17. The van der Waals surface area contributed by atoms with Gasteiger partial charge in [0.15, 0.2) is 0 Å². The zero-order chi connectivity index (χ0) is 15.8. The summed E-state index contributed by atoms with van der Waals surface area (Å²) in [7, 11) is 0. The predicted octanol–water partition coefficient (Wildman–Crippen LogP) is 3.06. The van der Waals surface area contributed by atoms with Crippen molar-refractivity contribution < 1.29 is 0 Å². The first-order valence-corrected chi connectivity index (χ1v) is 7.71. The number of hydrogen-bond acceptors (Lipinski definition) is 4. The fourth-order valence-corrected chi connectivity index (χ4v) is 3.29. The molecule has 1 aromatic heterocycles. The molecule has 0 radical (unpaired) electrons. The van der Waals surface area contributed by atoms with Crippen molar-refractivity contribution in [3.05, 3.63) is 59.7 Å². The van der Waals surface area contributed by atoms with E-state index in [1.807, 2.05) is 30.3 Å². The van der Waals surface area contributed by atoms with Crippen molar-refractivity contribution in [1.29, 1.82) is 10.8 Å². The second kappa shape index (κ2) is 5.35. The van der Waals surface area contributed by atoms with Gasteiger partial charge in [-0.05, 0) is 36.6 Å². The Balaban J connectivity index is 2.01. The molecule has 0 saturated carbocycles. The first-order valence-electron chi connectivity index (χ1n) is 7.71. The number of aromatic nitrogens is 2. The van der Waals surface area contributed by atoms with Gasteiger partial charge in [0.1, 0.15) is 5.82 Å². The molecule has 4 rings (SSSR count). The Morgan fingerprint density at radius 3 is 2.70 bits per heavy atom. The van der Waals surface area contributed by atoms with Gasteiger partial charge in [0, 0.05) is 17.6 Å². The number of rotatable bonds is 2. The minimum atomic E-state index is 0.0803. The van der Waals surface area contributed by atoms with E-state index < -0.39 is 0 Å². The smallest absolute Gasteiger partial charge is 0.229 e. The number of para-hydroxylation sites is 2. The van der Waals surface area contributed by atoms with E-state index in [2.05, 4.69) is 28.1 Å². The Hall–Kier alpha value is -2.95. The van der Waals surface area contributed by atoms with Gasteiger partial charge in [-0.1, -0.05) is 30.3 Å². The molecule has 0 atom stereocenters. The molecule has 1 aliphatic rings. The van der Waals surface area contributed by atoms with E-state index >= 15 is 0 Å². The maximum atomic E-state index is 8.17. The van der Waals surface area contributed by atoms with Crippen molar-refractivity contribution in [2.45, 2.75) is 12.8 Å². The first-order chi connectivity index (χ1) is 11.3. The Bertz CT molecular complexity index is 957. The van der Waals surface area contributed by atoms with Crippen LogP contribution in [0.2, 0.25) is 0 Å². The molecular weight excluding hydrogens is 286 g/mol. The van der Waals surface area contributed by atoms with Gasteiger partial charge in [-0.3, -0.25) is 15.4 Å². The molecule has 5 nitrogen and oxygen atoms in total. The van der Waals surface area contributed by atoms with Gasteiger partial charge < -0.3 is 4.90 Å². The summed E-state index contributed by atoms with van der Waals surface area (Å²) in [5.74, 6) is 0.802. The molecule has 0 spiro atoms. The van der Waals surface area contributed by atoms with Crippen LogP contribution in [-0.4, -0.2) is 22.4 Å². The van der Waals surface area contributed by atoms with Crippen LogP contribution in [0.25, 0.3) is 10.9 Å². The van der Waals surface area contributed by atoms with Gasteiger partial charge in [-0.15, -0.1) is 0 Å². The molecule has 0 bridgehead atoms. The average Bonchev–Trinajstić information content (AvgIpc) is 2.61. The highest BCUT2D eigenvalue weighted by Crippen LogP contribution is 2.34. The van der Waals surface area contributed by atoms with Gasteiger partial charge >= 0.3 is 0 Å². The number of hydrogen-bond donors (Lipinski definition) is 2. The zero-order valence-corrected chi connectivity index (χ0v) is 12.7. The Morgan fingerprint density at radius 2 is 1.83 bits per heavy atom. The largest absolute Gasteiger partial charge is 0.325 e. The number of aryl methyl sites for hydroxylation is 1. The van der Waals surface area contributed by atoms with E-state index in [0.29, 0.717) is 0 Å². The molecule has 1 aliphatic heterocycles. The van der Waals surface area contributed by atoms with Crippen LogP contribution in [0, 0.1) is 10.8 Å². The predicted molar refractivity (Wildman–Crippen MR) is 91.5 cm³/mol.